The number of furan rings is 1. The molecule has 5 heterocycles. The number of hydrogen-bond donors (Lipinski definition) is 2. The molecule has 4 aromatic rings. The van der Waals surface area contributed by atoms with E-state index in [9.17, 15) is 0 Å². The largest absolute Gasteiger partial charge is 0.453 e. The second kappa shape index (κ2) is 7.16. The molecule has 0 aliphatic carbocycles. The molecule has 29 heavy (non-hydrogen) atoms. The van der Waals surface area contributed by atoms with Crippen LogP contribution in [0.1, 0.15) is 23.6 Å². The molecule has 0 amide bonds. The van der Waals surface area contributed by atoms with Gasteiger partial charge in [0.15, 0.2) is 11.5 Å². The molecular formula is C20H17N7OS. The van der Waals surface area contributed by atoms with E-state index in [4.69, 9.17) is 14.7 Å². The van der Waals surface area contributed by atoms with Gasteiger partial charge in [0, 0.05) is 24.4 Å². The van der Waals surface area contributed by atoms with Gasteiger partial charge in [-0.05, 0) is 43.1 Å². The number of imidazole rings is 1. The zero-order valence-electron chi connectivity index (χ0n) is 15.6. The van der Waals surface area contributed by atoms with Gasteiger partial charge in [-0.15, -0.1) is 0 Å². The molecule has 0 spiro atoms. The molecule has 1 aliphatic heterocycles. The van der Waals surface area contributed by atoms with E-state index < -0.39 is 0 Å². The van der Waals surface area contributed by atoms with Crippen molar-refractivity contribution >= 4 is 33.6 Å². The molecule has 1 aliphatic rings. The first kappa shape index (κ1) is 17.6. The fourth-order valence-electron chi connectivity index (χ4n) is 3.35. The molecule has 0 radical (unpaired) electrons. The number of hydrogen-bond acceptors (Lipinski definition) is 8. The van der Waals surface area contributed by atoms with E-state index in [1.54, 1.807) is 18.5 Å². The van der Waals surface area contributed by atoms with Gasteiger partial charge in [0.05, 0.1) is 23.3 Å². The van der Waals surface area contributed by atoms with Crippen molar-refractivity contribution in [2.24, 2.45) is 0 Å². The Balaban J connectivity index is 1.67. The number of fused-ring (bicyclic) bond motifs is 1. The van der Waals surface area contributed by atoms with Crippen LogP contribution >= 0.6 is 11.5 Å². The van der Waals surface area contributed by atoms with Gasteiger partial charge in [-0.3, -0.25) is 4.40 Å². The van der Waals surface area contributed by atoms with Crippen LogP contribution in [0, 0.1) is 18.3 Å². The number of rotatable bonds is 4. The third-order valence-electron chi connectivity index (χ3n) is 4.72. The van der Waals surface area contributed by atoms with Crippen LogP contribution in [0.2, 0.25) is 0 Å². The summed E-state index contributed by atoms with van der Waals surface area (Å²) in [6, 6.07) is 5.72. The molecule has 0 unspecified atom stereocenters. The summed E-state index contributed by atoms with van der Waals surface area (Å²) in [4.78, 5) is 9.44. The predicted molar refractivity (Wildman–Crippen MR) is 111 cm³/mol. The van der Waals surface area contributed by atoms with Crippen LogP contribution < -0.4 is 10.6 Å². The molecule has 0 saturated carbocycles. The zero-order chi connectivity index (χ0) is 19.8. The Morgan fingerprint density at radius 2 is 2.31 bits per heavy atom. The average molecular weight is 403 g/mol. The van der Waals surface area contributed by atoms with Gasteiger partial charge in [-0.2, -0.15) is 9.64 Å². The third kappa shape index (κ3) is 3.29. The molecule has 0 atom stereocenters. The summed E-state index contributed by atoms with van der Waals surface area (Å²) in [5.74, 6) is 0.926. The van der Waals surface area contributed by atoms with Crippen molar-refractivity contribution in [1.29, 1.82) is 5.26 Å². The normalized spacial score (nSPS) is 14.0. The summed E-state index contributed by atoms with van der Waals surface area (Å²) in [7, 11) is 0. The minimum Gasteiger partial charge on any atom is -0.453 e. The smallest absolute Gasteiger partial charge is 0.203 e. The number of aryl methyl sites for hydroxylation is 1. The summed E-state index contributed by atoms with van der Waals surface area (Å²) < 4.78 is 11.6. The zero-order valence-corrected chi connectivity index (χ0v) is 16.5. The Bertz CT molecular complexity index is 1270. The van der Waals surface area contributed by atoms with Gasteiger partial charge < -0.3 is 15.1 Å². The molecule has 8 nitrogen and oxygen atoms in total. The van der Waals surface area contributed by atoms with Gasteiger partial charge in [-0.1, -0.05) is 6.08 Å². The van der Waals surface area contributed by atoms with E-state index in [0.29, 0.717) is 11.5 Å². The fraction of sp³-hybridized carbons (Fsp3) is 0.200. The lowest BCUT2D eigenvalue weighted by molar-refractivity contribution is 0.553. The number of aromatic nitrogens is 4. The standard InChI is InChI=1S/C20H17N7OS/c1-12-5-18(29-26-12)25-19-20-23-9-17(14-6-15(7-21)28-11-14)27(20)10-16(24-19)13-3-2-4-22-8-13/h3,5-6,9-11,22H,2,4,8H2,1H3,(H,24,25). The van der Waals surface area contributed by atoms with Crippen molar-refractivity contribution in [2.45, 2.75) is 13.3 Å². The third-order valence-corrected chi connectivity index (χ3v) is 5.52. The molecule has 144 valence electrons. The Morgan fingerprint density at radius 3 is 3.03 bits per heavy atom. The minimum absolute atomic E-state index is 0.266. The molecular weight excluding hydrogens is 386 g/mol. The summed E-state index contributed by atoms with van der Waals surface area (Å²) in [5, 5.41) is 16.7. The SMILES string of the molecule is Cc1cc(Nc2nc(C3=CCCNC3)cn3c(-c4coc(C#N)c4)cnc23)sn1. The topological polar surface area (TPSA) is 104 Å². The van der Waals surface area contributed by atoms with Gasteiger partial charge in [0.25, 0.3) is 0 Å². The summed E-state index contributed by atoms with van der Waals surface area (Å²) in [5.41, 5.74) is 5.29. The molecule has 4 aromatic heterocycles. The number of nitriles is 1. The van der Waals surface area contributed by atoms with E-state index in [1.165, 1.54) is 11.5 Å². The van der Waals surface area contributed by atoms with E-state index >= 15 is 0 Å². The van der Waals surface area contributed by atoms with Crippen molar-refractivity contribution in [1.82, 2.24) is 24.1 Å². The maximum absolute atomic E-state index is 9.08. The highest BCUT2D eigenvalue weighted by Crippen LogP contribution is 2.30. The number of anilines is 2. The van der Waals surface area contributed by atoms with E-state index in [1.807, 2.05) is 29.7 Å². The maximum Gasteiger partial charge on any atom is 0.203 e. The van der Waals surface area contributed by atoms with Crippen LogP contribution in [0.15, 0.2) is 41.3 Å². The maximum atomic E-state index is 9.08. The predicted octanol–water partition coefficient (Wildman–Crippen LogP) is 3.75. The molecule has 2 N–H and O–H groups in total. The molecule has 5 rings (SSSR count). The lowest BCUT2D eigenvalue weighted by Crippen LogP contribution is -2.22. The first-order valence-corrected chi connectivity index (χ1v) is 9.96. The highest BCUT2D eigenvalue weighted by Gasteiger charge is 2.17. The Kier molecular flexibility index (Phi) is 4.35. The van der Waals surface area contributed by atoms with Crippen LogP contribution in [0.4, 0.5) is 10.8 Å². The Hall–Kier alpha value is -3.48. The Labute approximate surface area is 170 Å². The van der Waals surface area contributed by atoms with Crippen LogP contribution in [0.25, 0.3) is 22.5 Å². The van der Waals surface area contributed by atoms with Gasteiger partial charge in [0.1, 0.15) is 17.3 Å². The quantitative estimate of drug-likeness (QED) is 0.535. The molecule has 0 aromatic carbocycles. The minimum atomic E-state index is 0.266. The van der Waals surface area contributed by atoms with Crippen LogP contribution in [0.5, 0.6) is 0 Å². The number of nitrogens with one attached hydrogen (secondary N) is 2. The highest BCUT2D eigenvalue weighted by atomic mass is 32.1. The molecule has 0 bridgehead atoms. The summed E-state index contributed by atoms with van der Waals surface area (Å²) >= 11 is 1.39. The van der Waals surface area contributed by atoms with E-state index in [-0.39, 0.29) is 5.76 Å². The van der Waals surface area contributed by atoms with Crippen LogP contribution in [0.3, 0.4) is 0 Å². The highest BCUT2D eigenvalue weighted by molar-refractivity contribution is 7.10. The molecule has 0 saturated heterocycles. The van der Waals surface area contributed by atoms with Gasteiger partial charge in [-0.25, -0.2) is 9.97 Å². The van der Waals surface area contributed by atoms with Crippen molar-refractivity contribution in [3.63, 3.8) is 0 Å². The molecule has 9 heteroatoms. The second-order valence-electron chi connectivity index (χ2n) is 6.78. The van der Waals surface area contributed by atoms with Crippen molar-refractivity contribution in [2.75, 3.05) is 18.4 Å². The van der Waals surface area contributed by atoms with Gasteiger partial charge in [0.2, 0.25) is 5.76 Å². The van der Waals surface area contributed by atoms with Gasteiger partial charge >= 0.3 is 0 Å². The number of nitrogens with zero attached hydrogens (tertiary/aromatic N) is 5. The van der Waals surface area contributed by atoms with Crippen molar-refractivity contribution in [3.05, 3.63) is 54.0 Å². The average Bonchev–Trinajstić information content (AvgIpc) is 3.48. The van der Waals surface area contributed by atoms with Crippen LogP contribution in [-0.2, 0) is 0 Å². The van der Waals surface area contributed by atoms with Crippen molar-refractivity contribution in [3.8, 4) is 17.3 Å². The fourth-order valence-corrected chi connectivity index (χ4v) is 4.01. The lowest BCUT2D eigenvalue weighted by atomic mass is 10.1. The molecule has 0 fully saturated rings. The van der Waals surface area contributed by atoms with Crippen LogP contribution in [-0.4, -0.2) is 31.8 Å². The van der Waals surface area contributed by atoms with E-state index in [2.05, 4.69) is 26.1 Å². The first-order valence-electron chi connectivity index (χ1n) is 9.19. The summed E-state index contributed by atoms with van der Waals surface area (Å²) in [6.07, 6.45) is 8.51. The monoisotopic (exact) mass is 403 g/mol. The van der Waals surface area contributed by atoms with E-state index in [0.717, 1.165) is 52.7 Å². The first-order chi connectivity index (χ1) is 14.2. The Morgan fingerprint density at radius 1 is 1.38 bits per heavy atom. The second-order valence-corrected chi connectivity index (χ2v) is 7.58. The summed E-state index contributed by atoms with van der Waals surface area (Å²) in [6.45, 7) is 3.70. The lowest BCUT2D eigenvalue weighted by Gasteiger charge is -2.16. The van der Waals surface area contributed by atoms with Crippen molar-refractivity contribution < 1.29 is 4.42 Å².